The first kappa shape index (κ1) is 13.8. The Morgan fingerprint density at radius 2 is 1.71 bits per heavy atom. The topological polar surface area (TPSA) is 43.3 Å². The lowest BCUT2D eigenvalue weighted by Crippen LogP contribution is -2.03. The van der Waals surface area contributed by atoms with Crippen LogP contribution >= 0.6 is 0 Å². The standard InChI is InChI=1S/C18H21N3/c1-13-5-8-15(9-6-13)18-16(4-3-11-19)21-12-14(2)7-10-17(21)20-18/h5-10,12H,3-4,11,19H2,1-2H3. The van der Waals surface area contributed by atoms with Crippen LogP contribution in [0, 0.1) is 13.8 Å². The molecule has 0 saturated carbocycles. The molecule has 0 aliphatic rings. The molecular formula is C18H21N3. The lowest BCUT2D eigenvalue weighted by Gasteiger charge is -2.05. The van der Waals surface area contributed by atoms with Crippen molar-refractivity contribution in [2.24, 2.45) is 5.73 Å². The Hall–Kier alpha value is -2.13. The minimum atomic E-state index is 0.701. The van der Waals surface area contributed by atoms with Crippen LogP contribution in [-0.2, 0) is 6.42 Å². The van der Waals surface area contributed by atoms with Gasteiger partial charge in [-0.05, 0) is 44.9 Å². The Bertz CT molecular complexity index is 754. The van der Waals surface area contributed by atoms with Crippen LogP contribution < -0.4 is 5.73 Å². The first-order valence-corrected chi connectivity index (χ1v) is 7.44. The quantitative estimate of drug-likeness (QED) is 0.794. The molecule has 0 atom stereocenters. The second kappa shape index (κ2) is 5.70. The van der Waals surface area contributed by atoms with E-state index in [0.717, 1.165) is 24.2 Å². The summed E-state index contributed by atoms with van der Waals surface area (Å²) in [6.45, 7) is 4.91. The van der Waals surface area contributed by atoms with Crippen LogP contribution in [0.1, 0.15) is 23.2 Å². The minimum absolute atomic E-state index is 0.701. The van der Waals surface area contributed by atoms with E-state index in [-0.39, 0.29) is 0 Å². The zero-order valence-electron chi connectivity index (χ0n) is 12.6. The Morgan fingerprint density at radius 3 is 2.43 bits per heavy atom. The van der Waals surface area contributed by atoms with Crippen molar-refractivity contribution in [3.8, 4) is 11.3 Å². The normalized spacial score (nSPS) is 11.2. The number of aryl methyl sites for hydroxylation is 3. The van der Waals surface area contributed by atoms with Gasteiger partial charge in [0.1, 0.15) is 5.65 Å². The molecule has 0 unspecified atom stereocenters. The molecule has 0 fully saturated rings. The molecule has 3 aromatic rings. The van der Waals surface area contributed by atoms with Gasteiger partial charge in [-0.1, -0.05) is 35.9 Å². The monoisotopic (exact) mass is 279 g/mol. The molecule has 3 nitrogen and oxygen atoms in total. The van der Waals surface area contributed by atoms with Crippen molar-refractivity contribution in [3.05, 3.63) is 59.4 Å². The fraction of sp³-hybridized carbons (Fsp3) is 0.278. The maximum absolute atomic E-state index is 5.70. The van der Waals surface area contributed by atoms with Gasteiger partial charge in [-0.3, -0.25) is 0 Å². The molecule has 3 rings (SSSR count). The molecule has 0 saturated heterocycles. The molecule has 2 heterocycles. The molecular weight excluding hydrogens is 258 g/mol. The van der Waals surface area contributed by atoms with Gasteiger partial charge in [-0.2, -0.15) is 0 Å². The summed E-state index contributed by atoms with van der Waals surface area (Å²) < 4.78 is 2.21. The van der Waals surface area contributed by atoms with E-state index in [2.05, 4.69) is 60.8 Å². The van der Waals surface area contributed by atoms with Gasteiger partial charge < -0.3 is 10.1 Å². The zero-order valence-corrected chi connectivity index (χ0v) is 12.6. The van der Waals surface area contributed by atoms with Gasteiger partial charge in [0.15, 0.2) is 0 Å². The van der Waals surface area contributed by atoms with Crippen LogP contribution in [0.4, 0.5) is 0 Å². The van der Waals surface area contributed by atoms with Gasteiger partial charge in [0.2, 0.25) is 0 Å². The fourth-order valence-corrected chi connectivity index (χ4v) is 2.65. The average molecular weight is 279 g/mol. The third-order valence-electron chi connectivity index (χ3n) is 3.81. The second-order valence-corrected chi connectivity index (χ2v) is 5.60. The number of hydrogen-bond acceptors (Lipinski definition) is 2. The highest BCUT2D eigenvalue weighted by atomic mass is 15.0. The molecule has 21 heavy (non-hydrogen) atoms. The summed E-state index contributed by atoms with van der Waals surface area (Å²) in [5, 5.41) is 0. The van der Waals surface area contributed by atoms with Crippen LogP contribution in [0.25, 0.3) is 16.9 Å². The van der Waals surface area contributed by atoms with Crippen molar-refractivity contribution in [2.45, 2.75) is 26.7 Å². The number of pyridine rings is 1. The molecule has 0 aliphatic heterocycles. The Labute approximate surface area is 125 Å². The lowest BCUT2D eigenvalue weighted by molar-refractivity contribution is 0.803. The Morgan fingerprint density at radius 1 is 1.00 bits per heavy atom. The predicted octanol–water partition coefficient (Wildman–Crippen LogP) is 3.51. The summed E-state index contributed by atoms with van der Waals surface area (Å²) >= 11 is 0. The Balaban J connectivity index is 2.18. The van der Waals surface area contributed by atoms with Gasteiger partial charge in [-0.25, -0.2) is 4.98 Å². The largest absolute Gasteiger partial charge is 0.330 e. The van der Waals surface area contributed by atoms with Crippen molar-refractivity contribution < 1.29 is 0 Å². The van der Waals surface area contributed by atoms with E-state index in [1.54, 1.807) is 0 Å². The molecule has 0 amide bonds. The predicted molar refractivity (Wildman–Crippen MR) is 87.5 cm³/mol. The summed E-state index contributed by atoms with van der Waals surface area (Å²) in [5.41, 5.74) is 12.7. The van der Waals surface area contributed by atoms with Crippen LogP contribution in [0.2, 0.25) is 0 Å². The van der Waals surface area contributed by atoms with Gasteiger partial charge in [0, 0.05) is 11.8 Å². The van der Waals surface area contributed by atoms with Gasteiger partial charge in [0.25, 0.3) is 0 Å². The van der Waals surface area contributed by atoms with Crippen LogP contribution in [-0.4, -0.2) is 15.9 Å². The van der Waals surface area contributed by atoms with Crippen LogP contribution in [0.15, 0.2) is 42.6 Å². The minimum Gasteiger partial charge on any atom is -0.330 e. The number of rotatable bonds is 4. The molecule has 0 radical (unpaired) electrons. The van der Waals surface area contributed by atoms with Crippen molar-refractivity contribution in [1.82, 2.24) is 9.38 Å². The van der Waals surface area contributed by atoms with Crippen molar-refractivity contribution in [3.63, 3.8) is 0 Å². The number of nitrogens with two attached hydrogens (primary N) is 1. The summed E-state index contributed by atoms with van der Waals surface area (Å²) in [7, 11) is 0. The maximum atomic E-state index is 5.70. The number of fused-ring (bicyclic) bond motifs is 1. The molecule has 2 aromatic heterocycles. The van der Waals surface area contributed by atoms with Gasteiger partial charge >= 0.3 is 0 Å². The van der Waals surface area contributed by atoms with Crippen LogP contribution in [0.5, 0.6) is 0 Å². The Kier molecular flexibility index (Phi) is 3.76. The summed E-state index contributed by atoms with van der Waals surface area (Å²) in [6, 6.07) is 12.8. The molecule has 1 aromatic carbocycles. The lowest BCUT2D eigenvalue weighted by atomic mass is 10.1. The highest BCUT2D eigenvalue weighted by Crippen LogP contribution is 2.26. The van der Waals surface area contributed by atoms with Crippen molar-refractivity contribution >= 4 is 5.65 Å². The number of nitrogens with zero attached hydrogens (tertiary/aromatic N) is 2. The van der Waals surface area contributed by atoms with E-state index >= 15 is 0 Å². The van der Waals surface area contributed by atoms with Crippen molar-refractivity contribution in [1.29, 1.82) is 0 Å². The smallest absolute Gasteiger partial charge is 0.137 e. The first-order chi connectivity index (χ1) is 10.2. The van der Waals surface area contributed by atoms with Crippen LogP contribution in [0.3, 0.4) is 0 Å². The molecule has 0 spiro atoms. The average Bonchev–Trinajstić information content (AvgIpc) is 2.83. The van der Waals surface area contributed by atoms with E-state index in [9.17, 15) is 0 Å². The zero-order chi connectivity index (χ0) is 14.8. The fourth-order valence-electron chi connectivity index (χ4n) is 2.65. The summed E-state index contributed by atoms with van der Waals surface area (Å²) in [6.07, 6.45) is 4.08. The molecule has 0 aliphatic carbocycles. The number of aromatic nitrogens is 2. The first-order valence-electron chi connectivity index (χ1n) is 7.44. The molecule has 2 N–H and O–H groups in total. The SMILES string of the molecule is Cc1ccc(-c2nc3ccc(C)cn3c2CCCN)cc1. The van der Waals surface area contributed by atoms with E-state index in [4.69, 9.17) is 10.7 Å². The number of imidazole rings is 1. The van der Waals surface area contributed by atoms with E-state index in [0.29, 0.717) is 6.54 Å². The van der Waals surface area contributed by atoms with E-state index < -0.39 is 0 Å². The van der Waals surface area contributed by atoms with E-state index in [1.807, 2.05) is 0 Å². The summed E-state index contributed by atoms with van der Waals surface area (Å²) in [4.78, 5) is 4.83. The number of benzene rings is 1. The maximum Gasteiger partial charge on any atom is 0.137 e. The highest BCUT2D eigenvalue weighted by molar-refractivity contribution is 5.67. The third kappa shape index (κ3) is 2.69. The molecule has 0 bridgehead atoms. The molecule has 108 valence electrons. The van der Waals surface area contributed by atoms with Gasteiger partial charge in [0.05, 0.1) is 11.4 Å². The summed E-state index contributed by atoms with van der Waals surface area (Å²) in [5.74, 6) is 0. The van der Waals surface area contributed by atoms with Crippen molar-refractivity contribution in [2.75, 3.05) is 6.54 Å². The third-order valence-corrected chi connectivity index (χ3v) is 3.81. The molecule has 3 heteroatoms. The number of hydrogen-bond donors (Lipinski definition) is 1. The highest BCUT2D eigenvalue weighted by Gasteiger charge is 2.13. The van der Waals surface area contributed by atoms with E-state index in [1.165, 1.54) is 22.4 Å². The second-order valence-electron chi connectivity index (χ2n) is 5.60. The van der Waals surface area contributed by atoms with Gasteiger partial charge in [-0.15, -0.1) is 0 Å².